The number of carbonyl (C=O) groups excluding carboxylic acids is 1. The fourth-order valence-corrected chi connectivity index (χ4v) is 15.5. The highest BCUT2D eigenvalue weighted by atomic mass is 32.2. The van der Waals surface area contributed by atoms with Gasteiger partial charge in [0, 0.05) is 39.6 Å². The van der Waals surface area contributed by atoms with Crippen LogP contribution in [0, 0.1) is 23.1 Å². The number of rotatable bonds is 6. The molecule has 4 aromatic rings. The van der Waals surface area contributed by atoms with E-state index in [1.165, 1.54) is 17.2 Å². The highest BCUT2D eigenvalue weighted by Crippen LogP contribution is 2.48. The standard InChI is InChI=1S/C43H52F2N6O6SSi/c1-21(2)59(22(3)4,23(5)6)18-17-25-13-12-14-27-31(25)28(19-29(33(27)44)46-41(52)57-43(8,9)10)35-34(45)36-32-38(49-40(48-36)58(11)55)50-20-26-15-16-30(51(26)42(53)54)37(50)24(7)56-39(32)47-35/h12-14,19,21-24,26,30,37H,15-16,20H2,1-11H3,(H,46,52)(H,53,54). The van der Waals surface area contributed by atoms with Crippen molar-refractivity contribution >= 4 is 64.6 Å². The summed E-state index contributed by atoms with van der Waals surface area (Å²) in [6.07, 6.45) is 0.00144. The number of fused-ring (bicyclic) bond motifs is 6. The molecule has 2 bridgehead atoms. The van der Waals surface area contributed by atoms with E-state index in [1.54, 1.807) is 39.0 Å². The molecule has 0 radical (unpaired) electrons. The third-order valence-electron chi connectivity index (χ3n) is 12.2. The van der Waals surface area contributed by atoms with Gasteiger partial charge in [-0.25, -0.2) is 23.4 Å². The number of ether oxygens (including phenoxy) is 2. The minimum Gasteiger partial charge on any atom is -0.609 e. The molecule has 59 heavy (non-hydrogen) atoms. The van der Waals surface area contributed by atoms with Crippen molar-refractivity contribution < 1.29 is 37.5 Å². The summed E-state index contributed by atoms with van der Waals surface area (Å²) >= 11 is -1.76. The summed E-state index contributed by atoms with van der Waals surface area (Å²) in [7, 11) is -2.32. The molecule has 0 aliphatic carbocycles. The van der Waals surface area contributed by atoms with Gasteiger partial charge in [-0.15, -0.1) is 5.54 Å². The number of halogens is 2. The molecule has 3 aliphatic rings. The molecule has 2 amide bonds. The lowest BCUT2D eigenvalue weighted by Crippen LogP contribution is -2.64. The fraction of sp³-hybridized carbons (Fsp3) is 0.512. The normalized spacial score (nSPS) is 20.7. The van der Waals surface area contributed by atoms with Crippen molar-refractivity contribution in [3.05, 3.63) is 41.5 Å². The highest BCUT2D eigenvalue weighted by molar-refractivity contribution is 7.90. The maximum absolute atomic E-state index is 17.7. The Morgan fingerprint density at radius 2 is 1.73 bits per heavy atom. The number of piperazine rings is 1. The minimum atomic E-state index is -2.32. The first-order valence-electron chi connectivity index (χ1n) is 20.1. The first-order valence-corrected chi connectivity index (χ1v) is 23.9. The molecule has 16 heteroatoms. The Morgan fingerprint density at radius 1 is 1.05 bits per heavy atom. The van der Waals surface area contributed by atoms with E-state index in [4.69, 9.17) is 19.4 Å². The highest BCUT2D eigenvalue weighted by Gasteiger charge is 2.53. The third-order valence-corrected chi connectivity index (χ3v) is 19.2. The number of benzene rings is 2. The molecule has 314 valence electrons. The van der Waals surface area contributed by atoms with Crippen LogP contribution in [0.5, 0.6) is 5.88 Å². The number of carboxylic acid groups (broad SMARTS) is 1. The second-order valence-corrected chi connectivity index (χ2v) is 24.7. The zero-order chi connectivity index (χ0) is 43.0. The number of carbonyl (C=O) groups is 2. The lowest BCUT2D eigenvalue weighted by molar-refractivity contribution is 0.0633. The quantitative estimate of drug-likeness (QED) is 0.0831. The molecule has 2 aromatic carbocycles. The number of hydrogen-bond acceptors (Lipinski definition) is 9. The summed E-state index contributed by atoms with van der Waals surface area (Å²) in [6, 6.07) is 4.98. The van der Waals surface area contributed by atoms with Gasteiger partial charge in [0.15, 0.2) is 17.5 Å². The van der Waals surface area contributed by atoms with Gasteiger partial charge in [0.05, 0.1) is 23.8 Å². The Bertz CT molecular complexity index is 2410. The van der Waals surface area contributed by atoms with Gasteiger partial charge in [0.1, 0.15) is 42.6 Å². The molecule has 0 spiro atoms. The van der Waals surface area contributed by atoms with Gasteiger partial charge >= 0.3 is 17.3 Å². The van der Waals surface area contributed by atoms with Crippen molar-refractivity contribution in [3.8, 4) is 28.6 Å². The summed E-state index contributed by atoms with van der Waals surface area (Å²) in [4.78, 5) is 43.0. The predicted octanol–water partition coefficient (Wildman–Crippen LogP) is 9.26. The van der Waals surface area contributed by atoms with Crippen molar-refractivity contribution in [3.63, 3.8) is 0 Å². The van der Waals surface area contributed by atoms with Crippen LogP contribution in [-0.2, 0) is 15.9 Å². The van der Waals surface area contributed by atoms with E-state index in [0.29, 0.717) is 35.0 Å². The Hall–Kier alpha value is -4.72. The summed E-state index contributed by atoms with van der Waals surface area (Å²) < 4.78 is 59.7. The molecule has 5 atom stereocenters. The Kier molecular flexibility index (Phi) is 11.1. The van der Waals surface area contributed by atoms with Gasteiger partial charge in [-0.2, -0.15) is 9.97 Å². The Balaban J connectivity index is 1.53. The van der Waals surface area contributed by atoms with Crippen molar-refractivity contribution in [2.24, 2.45) is 0 Å². The van der Waals surface area contributed by atoms with E-state index >= 15 is 8.78 Å². The van der Waals surface area contributed by atoms with Crippen LogP contribution in [-0.4, -0.2) is 92.4 Å². The predicted molar refractivity (Wildman–Crippen MR) is 228 cm³/mol. The van der Waals surface area contributed by atoms with Gasteiger partial charge in [0.2, 0.25) is 5.88 Å². The van der Waals surface area contributed by atoms with E-state index in [9.17, 15) is 19.2 Å². The summed E-state index contributed by atoms with van der Waals surface area (Å²) in [5.74, 6) is 1.99. The van der Waals surface area contributed by atoms with Crippen LogP contribution in [0.25, 0.3) is 32.9 Å². The summed E-state index contributed by atoms with van der Waals surface area (Å²) in [5.41, 5.74) is 3.50. The molecule has 12 nitrogen and oxygen atoms in total. The van der Waals surface area contributed by atoms with Crippen molar-refractivity contribution in [1.82, 2.24) is 19.9 Å². The number of hydrogen-bond donors (Lipinski definition) is 2. The van der Waals surface area contributed by atoms with Crippen molar-refractivity contribution in [1.29, 1.82) is 0 Å². The van der Waals surface area contributed by atoms with E-state index in [-0.39, 0.29) is 68.1 Å². The molecule has 0 saturated carbocycles. The third kappa shape index (κ3) is 7.22. The van der Waals surface area contributed by atoms with Gasteiger partial charge in [0.25, 0.3) is 0 Å². The largest absolute Gasteiger partial charge is 0.609 e. The van der Waals surface area contributed by atoms with Gasteiger partial charge < -0.3 is 24.0 Å². The van der Waals surface area contributed by atoms with E-state index in [1.807, 2.05) is 11.8 Å². The molecule has 3 aliphatic heterocycles. The van der Waals surface area contributed by atoms with Crippen LogP contribution in [0.1, 0.15) is 87.6 Å². The van der Waals surface area contributed by atoms with Gasteiger partial charge in [-0.1, -0.05) is 59.6 Å². The molecule has 5 heterocycles. The van der Waals surface area contributed by atoms with Crippen LogP contribution >= 0.6 is 0 Å². The zero-order valence-electron chi connectivity index (χ0n) is 35.4. The van der Waals surface area contributed by atoms with Crippen LogP contribution in [0.4, 0.5) is 29.9 Å². The number of anilines is 2. The molecular formula is C43H52F2N6O6SSi. The smallest absolute Gasteiger partial charge is 0.412 e. The zero-order valence-corrected chi connectivity index (χ0v) is 37.2. The second-order valence-electron chi connectivity index (χ2n) is 17.8. The monoisotopic (exact) mass is 846 g/mol. The maximum Gasteiger partial charge on any atom is 0.412 e. The second kappa shape index (κ2) is 15.4. The lowest BCUT2D eigenvalue weighted by Gasteiger charge is -2.47. The van der Waals surface area contributed by atoms with E-state index < -0.39 is 66.9 Å². The minimum absolute atomic E-state index is 0.0203. The Morgan fingerprint density at radius 3 is 2.34 bits per heavy atom. The number of pyridine rings is 1. The average molecular weight is 847 g/mol. The molecule has 5 unspecified atom stereocenters. The van der Waals surface area contributed by atoms with Gasteiger partial charge in [-0.05, 0) is 69.3 Å². The number of nitrogens with one attached hydrogen (secondary N) is 1. The maximum atomic E-state index is 17.7. The number of amides is 2. The molecule has 2 saturated heterocycles. The number of nitrogens with zero attached hydrogens (tertiary/aromatic N) is 5. The first kappa shape index (κ1) is 42.4. The van der Waals surface area contributed by atoms with Crippen molar-refractivity contribution in [2.45, 2.75) is 134 Å². The van der Waals surface area contributed by atoms with Crippen LogP contribution in [0.2, 0.25) is 16.6 Å². The molecule has 2 fully saturated rings. The van der Waals surface area contributed by atoms with Crippen LogP contribution in [0.3, 0.4) is 0 Å². The number of aromatic nitrogens is 3. The van der Waals surface area contributed by atoms with E-state index in [2.05, 4.69) is 63.3 Å². The van der Waals surface area contributed by atoms with Crippen LogP contribution in [0.15, 0.2) is 29.4 Å². The molecular weight excluding hydrogens is 795 g/mol. The Labute approximate surface area is 347 Å². The van der Waals surface area contributed by atoms with E-state index in [0.717, 1.165) is 0 Å². The summed E-state index contributed by atoms with van der Waals surface area (Å²) in [5, 5.41) is 13.1. The first-order chi connectivity index (χ1) is 27.7. The average Bonchev–Trinajstić information content (AvgIpc) is 3.39. The fourth-order valence-electron chi connectivity index (χ4n) is 9.88. The van der Waals surface area contributed by atoms with Crippen LogP contribution < -0.4 is 15.0 Å². The van der Waals surface area contributed by atoms with Crippen molar-refractivity contribution in [2.75, 3.05) is 23.0 Å². The topological polar surface area (TPSA) is 153 Å². The lowest BCUT2D eigenvalue weighted by atomic mass is 9.95. The summed E-state index contributed by atoms with van der Waals surface area (Å²) in [6.45, 7) is 20.3. The molecule has 2 N–H and O–H groups in total. The SMILES string of the molecule is CC1Oc2nc(-c3cc(NC(=O)OC(C)(C)C)c(F)c4cccc(C#C[Si](C(C)C)(C(C)C)C(C)C)c34)c(F)c3nc([S+](C)[O-])nc(c23)N2CC3CCC(C12)N3C(=O)O. The van der Waals surface area contributed by atoms with Gasteiger partial charge in [-0.3, -0.25) is 10.2 Å². The molecule has 2 aromatic heterocycles. The molecule has 7 rings (SSSR count).